The summed E-state index contributed by atoms with van der Waals surface area (Å²) in [5.41, 5.74) is 0.663. The van der Waals surface area contributed by atoms with Gasteiger partial charge in [-0.25, -0.2) is 0 Å². The average molecular weight is 414 g/mol. The maximum Gasteiger partial charge on any atom is 0.252 e. The van der Waals surface area contributed by atoms with Crippen LogP contribution in [0.15, 0.2) is 18.2 Å². The summed E-state index contributed by atoms with van der Waals surface area (Å²) >= 11 is 12.0. The molecule has 1 N–H and O–H groups in total. The zero-order valence-electron chi connectivity index (χ0n) is 9.62. The van der Waals surface area contributed by atoms with Crippen molar-refractivity contribution in [1.82, 2.24) is 5.32 Å². The Kier molecular flexibility index (Phi) is 5.97. The molecule has 1 aromatic carbocycles. The van der Waals surface area contributed by atoms with Crippen molar-refractivity contribution in [2.45, 2.75) is 5.25 Å². The molecule has 0 aromatic heterocycles. The monoisotopic (exact) mass is 413 g/mol. The Morgan fingerprint density at radius 1 is 1.50 bits per heavy atom. The Labute approximate surface area is 134 Å². The van der Waals surface area contributed by atoms with Gasteiger partial charge in [-0.1, -0.05) is 11.6 Å². The van der Waals surface area contributed by atoms with E-state index < -0.39 is 0 Å². The lowest BCUT2D eigenvalue weighted by atomic mass is 10.2. The van der Waals surface area contributed by atoms with Crippen molar-refractivity contribution < 1.29 is 4.79 Å². The molecule has 0 saturated carbocycles. The highest BCUT2D eigenvalue weighted by molar-refractivity contribution is 14.1. The number of nitrogens with one attached hydrogen (secondary N) is 1. The van der Waals surface area contributed by atoms with E-state index in [-0.39, 0.29) is 5.91 Å². The highest BCUT2D eigenvalue weighted by Gasteiger charge is 2.16. The fourth-order valence-electron chi connectivity index (χ4n) is 1.63. The minimum absolute atomic E-state index is 0.0296. The van der Waals surface area contributed by atoms with E-state index in [1.165, 1.54) is 11.5 Å². The molecule has 1 unspecified atom stereocenters. The molecule has 2 rings (SSSR count). The van der Waals surface area contributed by atoms with Crippen molar-refractivity contribution in [3.8, 4) is 0 Å². The first-order valence-corrected chi connectivity index (χ1v) is 9.25. The molecule has 1 amide bonds. The normalized spacial score (nSPS) is 19.6. The molecule has 0 aliphatic carbocycles. The zero-order valence-corrected chi connectivity index (χ0v) is 14.2. The van der Waals surface area contributed by atoms with E-state index in [1.54, 1.807) is 12.1 Å². The SMILES string of the molecule is O=C(NCC1CSCCS1)c1cc(Cl)ccc1I. The molecular formula is C12H13ClINOS2. The number of carbonyl (C=O) groups is 1. The predicted octanol–water partition coefficient (Wildman–Crippen LogP) is 3.52. The van der Waals surface area contributed by atoms with Gasteiger partial charge in [0.2, 0.25) is 0 Å². The van der Waals surface area contributed by atoms with Crippen LogP contribution < -0.4 is 5.32 Å². The molecule has 1 aromatic rings. The molecule has 0 bridgehead atoms. The summed E-state index contributed by atoms with van der Waals surface area (Å²) in [6.45, 7) is 0.735. The molecule has 1 aliphatic rings. The van der Waals surface area contributed by atoms with E-state index in [1.807, 2.05) is 29.6 Å². The van der Waals surface area contributed by atoms with Crippen LogP contribution in [0.4, 0.5) is 0 Å². The van der Waals surface area contributed by atoms with Crippen LogP contribution in [0.3, 0.4) is 0 Å². The number of thioether (sulfide) groups is 2. The molecule has 2 nitrogen and oxygen atoms in total. The van der Waals surface area contributed by atoms with Crippen LogP contribution in [0, 0.1) is 3.57 Å². The fourth-order valence-corrected chi connectivity index (χ4v) is 4.99. The van der Waals surface area contributed by atoms with E-state index >= 15 is 0 Å². The summed E-state index contributed by atoms with van der Waals surface area (Å²) in [5.74, 6) is 3.50. The minimum atomic E-state index is -0.0296. The van der Waals surface area contributed by atoms with Crippen molar-refractivity contribution in [2.75, 3.05) is 23.8 Å². The van der Waals surface area contributed by atoms with Crippen molar-refractivity contribution >= 4 is 63.6 Å². The van der Waals surface area contributed by atoms with Gasteiger partial charge in [-0.05, 0) is 40.8 Å². The van der Waals surface area contributed by atoms with E-state index in [0.717, 1.165) is 15.9 Å². The van der Waals surface area contributed by atoms with E-state index in [2.05, 4.69) is 27.9 Å². The summed E-state index contributed by atoms with van der Waals surface area (Å²) in [6, 6.07) is 5.39. The lowest BCUT2D eigenvalue weighted by molar-refractivity contribution is 0.0953. The molecule has 18 heavy (non-hydrogen) atoms. The molecule has 1 atom stereocenters. The Balaban J connectivity index is 1.92. The summed E-state index contributed by atoms with van der Waals surface area (Å²) in [5, 5.41) is 4.13. The third kappa shape index (κ3) is 4.21. The van der Waals surface area contributed by atoms with Crippen LogP contribution in [0.5, 0.6) is 0 Å². The molecule has 1 fully saturated rings. The van der Waals surface area contributed by atoms with Crippen molar-refractivity contribution in [3.05, 3.63) is 32.4 Å². The van der Waals surface area contributed by atoms with Gasteiger partial charge in [0.1, 0.15) is 0 Å². The van der Waals surface area contributed by atoms with Crippen molar-refractivity contribution in [3.63, 3.8) is 0 Å². The van der Waals surface area contributed by atoms with Gasteiger partial charge in [0, 0.05) is 37.6 Å². The van der Waals surface area contributed by atoms with Gasteiger partial charge in [-0.2, -0.15) is 23.5 Å². The molecule has 0 spiro atoms. The third-order valence-corrected chi connectivity index (χ3v) is 6.57. The number of amides is 1. The maximum atomic E-state index is 12.1. The third-order valence-electron chi connectivity index (χ3n) is 2.55. The molecule has 98 valence electrons. The van der Waals surface area contributed by atoms with Crippen LogP contribution >= 0.6 is 57.7 Å². The first-order chi connectivity index (χ1) is 8.66. The molecule has 6 heteroatoms. The molecule has 1 heterocycles. The minimum Gasteiger partial charge on any atom is -0.351 e. The lowest BCUT2D eigenvalue weighted by Crippen LogP contribution is -2.33. The Morgan fingerprint density at radius 2 is 2.33 bits per heavy atom. The molecular weight excluding hydrogens is 401 g/mol. The lowest BCUT2D eigenvalue weighted by Gasteiger charge is -2.21. The highest BCUT2D eigenvalue weighted by Crippen LogP contribution is 2.23. The number of benzene rings is 1. The van der Waals surface area contributed by atoms with Crippen LogP contribution in [0.25, 0.3) is 0 Å². The Morgan fingerprint density at radius 3 is 3.06 bits per heavy atom. The van der Waals surface area contributed by atoms with Gasteiger partial charge in [0.15, 0.2) is 0 Å². The number of hydrogen-bond acceptors (Lipinski definition) is 3. The average Bonchev–Trinajstić information content (AvgIpc) is 2.40. The first-order valence-electron chi connectivity index (χ1n) is 5.59. The summed E-state index contributed by atoms with van der Waals surface area (Å²) in [7, 11) is 0. The summed E-state index contributed by atoms with van der Waals surface area (Å²) in [6.07, 6.45) is 0. The largest absolute Gasteiger partial charge is 0.351 e. The smallest absolute Gasteiger partial charge is 0.252 e. The summed E-state index contributed by atoms with van der Waals surface area (Å²) < 4.78 is 0.931. The van der Waals surface area contributed by atoms with E-state index in [0.29, 0.717) is 15.8 Å². The quantitative estimate of drug-likeness (QED) is 0.769. The van der Waals surface area contributed by atoms with Crippen LogP contribution in [-0.2, 0) is 0 Å². The second-order valence-corrected chi connectivity index (χ2v) is 8.06. The zero-order chi connectivity index (χ0) is 13.0. The number of carbonyl (C=O) groups excluding carboxylic acids is 1. The first kappa shape index (κ1) is 14.8. The fraction of sp³-hybridized carbons (Fsp3) is 0.417. The van der Waals surface area contributed by atoms with Gasteiger partial charge in [-0.15, -0.1) is 0 Å². The Bertz CT molecular complexity index is 438. The second-order valence-electron chi connectivity index (χ2n) is 3.90. The second kappa shape index (κ2) is 7.26. The molecule has 0 radical (unpaired) electrons. The van der Waals surface area contributed by atoms with Crippen LogP contribution in [0.2, 0.25) is 5.02 Å². The van der Waals surface area contributed by atoms with Gasteiger partial charge < -0.3 is 5.32 Å². The van der Waals surface area contributed by atoms with Gasteiger partial charge in [0.05, 0.1) is 5.56 Å². The maximum absolute atomic E-state index is 12.1. The Hall–Kier alpha value is 0.410. The highest BCUT2D eigenvalue weighted by atomic mass is 127. The number of hydrogen-bond donors (Lipinski definition) is 1. The number of halogens is 2. The van der Waals surface area contributed by atoms with Gasteiger partial charge in [-0.3, -0.25) is 4.79 Å². The van der Waals surface area contributed by atoms with Crippen LogP contribution in [0.1, 0.15) is 10.4 Å². The van der Waals surface area contributed by atoms with Crippen LogP contribution in [-0.4, -0.2) is 35.0 Å². The van der Waals surface area contributed by atoms with Crippen molar-refractivity contribution in [2.24, 2.45) is 0 Å². The molecule has 1 aliphatic heterocycles. The van der Waals surface area contributed by atoms with Gasteiger partial charge >= 0.3 is 0 Å². The predicted molar refractivity (Wildman–Crippen MR) is 90.1 cm³/mol. The standard InChI is InChI=1S/C12H13ClINOS2/c13-8-1-2-11(14)10(5-8)12(16)15-6-9-7-17-3-4-18-9/h1-2,5,9H,3-4,6-7H2,(H,15,16). The van der Waals surface area contributed by atoms with Gasteiger partial charge in [0.25, 0.3) is 5.91 Å². The number of rotatable bonds is 3. The van der Waals surface area contributed by atoms with Crippen molar-refractivity contribution in [1.29, 1.82) is 0 Å². The molecule has 1 saturated heterocycles. The topological polar surface area (TPSA) is 29.1 Å². The van der Waals surface area contributed by atoms with E-state index in [9.17, 15) is 4.79 Å². The summed E-state index contributed by atoms with van der Waals surface area (Å²) in [4.78, 5) is 12.1. The van der Waals surface area contributed by atoms with E-state index in [4.69, 9.17) is 11.6 Å².